The number of nitrogens with zero attached hydrogens (tertiary/aromatic N) is 1. The average molecular weight is 491 g/mol. The van der Waals surface area contributed by atoms with E-state index in [0.29, 0.717) is 37.6 Å². The van der Waals surface area contributed by atoms with Gasteiger partial charge in [-0.25, -0.2) is 14.0 Å². The second-order valence-electron chi connectivity index (χ2n) is 8.95. The van der Waals surface area contributed by atoms with E-state index in [1.807, 2.05) is 53.4 Å². The van der Waals surface area contributed by atoms with Crippen LogP contribution in [0.3, 0.4) is 0 Å². The monoisotopic (exact) mass is 490 g/mol. The molecule has 2 N–H and O–H groups in total. The molecular formula is C28H27FN2O5. The Balaban J connectivity index is 1.22. The van der Waals surface area contributed by atoms with Crippen LogP contribution in [-0.4, -0.2) is 56.1 Å². The van der Waals surface area contributed by atoms with Gasteiger partial charge in [0.05, 0.1) is 18.9 Å². The predicted molar refractivity (Wildman–Crippen MR) is 133 cm³/mol. The number of carbonyl (C=O) groups excluding carboxylic acids is 1. The lowest BCUT2D eigenvalue weighted by atomic mass is 9.98. The molecule has 5 rings (SSSR count). The van der Waals surface area contributed by atoms with E-state index in [1.165, 1.54) is 6.07 Å². The third-order valence-corrected chi connectivity index (χ3v) is 6.74. The van der Waals surface area contributed by atoms with Crippen LogP contribution < -0.4 is 10.2 Å². The number of carboxylic acid groups (broad SMARTS) is 1. The summed E-state index contributed by atoms with van der Waals surface area (Å²) in [6, 6.07) is 19.3. The molecule has 36 heavy (non-hydrogen) atoms. The molecule has 186 valence electrons. The number of carboxylic acids is 1. The van der Waals surface area contributed by atoms with Gasteiger partial charge in [0.15, 0.2) is 0 Å². The minimum absolute atomic E-state index is 0.0696. The summed E-state index contributed by atoms with van der Waals surface area (Å²) in [5.41, 5.74) is 5.27. The highest BCUT2D eigenvalue weighted by Crippen LogP contribution is 2.44. The van der Waals surface area contributed by atoms with E-state index in [9.17, 15) is 19.1 Å². The maximum Gasteiger partial charge on any atom is 0.407 e. The van der Waals surface area contributed by atoms with Gasteiger partial charge in [-0.15, -0.1) is 0 Å². The molecule has 7 nitrogen and oxygen atoms in total. The maximum atomic E-state index is 14.7. The molecule has 1 unspecified atom stereocenters. The van der Waals surface area contributed by atoms with E-state index in [4.69, 9.17) is 9.47 Å². The number of aliphatic carboxylic acids is 1. The number of ether oxygens (including phenoxy) is 2. The minimum Gasteiger partial charge on any atom is -0.480 e. The molecule has 1 aliphatic carbocycles. The molecule has 1 amide bonds. The van der Waals surface area contributed by atoms with Crippen molar-refractivity contribution < 1.29 is 28.6 Å². The second-order valence-corrected chi connectivity index (χ2v) is 8.95. The molecule has 0 spiro atoms. The molecule has 0 bridgehead atoms. The number of nitrogens with one attached hydrogen (secondary N) is 1. The Morgan fingerprint density at radius 2 is 1.67 bits per heavy atom. The third-order valence-electron chi connectivity index (χ3n) is 6.74. The third kappa shape index (κ3) is 4.90. The lowest BCUT2D eigenvalue weighted by Gasteiger charge is -2.29. The number of fused-ring (bicyclic) bond motifs is 3. The summed E-state index contributed by atoms with van der Waals surface area (Å²) < 4.78 is 25.5. The van der Waals surface area contributed by atoms with Gasteiger partial charge in [-0.3, -0.25) is 0 Å². The van der Waals surface area contributed by atoms with Crippen molar-refractivity contribution in [3.8, 4) is 11.1 Å². The Morgan fingerprint density at radius 1 is 1.03 bits per heavy atom. The van der Waals surface area contributed by atoms with Gasteiger partial charge in [-0.2, -0.15) is 0 Å². The van der Waals surface area contributed by atoms with Gasteiger partial charge in [-0.1, -0.05) is 54.6 Å². The van der Waals surface area contributed by atoms with E-state index in [2.05, 4.69) is 5.32 Å². The first-order chi connectivity index (χ1) is 17.5. The topological polar surface area (TPSA) is 88.1 Å². The van der Waals surface area contributed by atoms with E-state index < -0.39 is 23.9 Å². The van der Waals surface area contributed by atoms with Crippen molar-refractivity contribution in [2.24, 2.45) is 0 Å². The number of halogens is 1. The first-order valence-electron chi connectivity index (χ1n) is 12.0. The van der Waals surface area contributed by atoms with Crippen molar-refractivity contribution in [3.05, 3.63) is 89.2 Å². The first-order valence-corrected chi connectivity index (χ1v) is 12.0. The highest BCUT2D eigenvalue weighted by Gasteiger charge is 2.30. The first kappa shape index (κ1) is 23.8. The summed E-state index contributed by atoms with van der Waals surface area (Å²) in [5.74, 6) is -1.78. The number of hydrogen-bond donors (Lipinski definition) is 2. The number of hydrogen-bond acceptors (Lipinski definition) is 5. The van der Waals surface area contributed by atoms with Crippen LogP contribution in [0, 0.1) is 5.82 Å². The molecule has 0 saturated carbocycles. The number of amides is 1. The Bertz CT molecular complexity index is 1230. The van der Waals surface area contributed by atoms with Crippen molar-refractivity contribution in [1.29, 1.82) is 0 Å². The van der Waals surface area contributed by atoms with Crippen molar-refractivity contribution >= 4 is 17.7 Å². The average Bonchev–Trinajstić information content (AvgIpc) is 3.21. The summed E-state index contributed by atoms with van der Waals surface area (Å²) in [5, 5.41) is 12.1. The molecule has 1 fully saturated rings. The fourth-order valence-electron chi connectivity index (χ4n) is 4.96. The molecule has 1 saturated heterocycles. The van der Waals surface area contributed by atoms with Gasteiger partial charge < -0.3 is 24.8 Å². The summed E-state index contributed by atoms with van der Waals surface area (Å²) >= 11 is 0. The zero-order chi connectivity index (χ0) is 25.1. The molecule has 3 aromatic carbocycles. The lowest BCUT2D eigenvalue weighted by Crippen LogP contribution is -2.43. The quantitative estimate of drug-likeness (QED) is 0.516. The predicted octanol–water partition coefficient (Wildman–Crippen LogP) is 4.20. The molecule has 2 aliphatic rings. The van der Waals surface area contributed by atoms with Crippen LogP contribution in [0.5, 0.6) is 0 Å². The largest absolute Gasteiger partial charge is 0.480 e. The van der Waals surface area contributed by atoms with Gasteiger partial charge in [-0.05, 0) is 39.9 Å². The van der Waals surface area contributed by atoms with Gasteiger partial charge in [0.25, 0.3) is 0 Å². The fraction of sp³-hybridized carbons (Fsp3) is 0.286. The Labute approximate surface area is 208 Å². The summed E-state index contributed by atoms with van der Waals surface area (Å²) in [7, 11) is 0. The van der Waals surface area contributed by atoms with E-state index >= 15 is 0 Å². The Morgan fingerprint density at radius 3 is 2.28 bits per heavy atom. The zero-order valence-corrected chi connectivity index (χ0v) is 19.7. The minimum atomic E-state index is -1.26. The summed E-state index contributed by atoms with van der Waals surface area (Å²) in [6.07, 6.45) is -0.894. The molecule has 0 radical (unpaired) electrons. The van der Waals surface area contributed by atoms with Crippen LogP contribution in [0.4, 0.5) is 14.9 Å². The number of morpholine rings is 1. The number of carbonyl (C=O) groups is 2. The number of alkyl carbamates (subject to hydrolysis) is 1. The van der Waals surface area contributed by atoms with E-state index in [1.54, 1.807) is 12.1 Å². The van der Waals surface area contributed by atoms with Crippen molar-refractivity contribution in [3.63, 3.8) is 0 Å². The molecular weight excluding hydrogens is 463 g/mol. The molecule has 1 heterocycles. The highest BCUT2D eigenvalue weighted by molar-refractivity contribution is 5.81. The Kier molecular flexibility index (Phi) is 6.86. The highest BCUT2D eigenvalue weighted by atomic mass is 19.1. The van der Waals surface area contributed by atoms with Gasteiger partial charge in [0, 0.05) is 25.4 Å². The van der Waals surface area contributed by atoms with E-state index in [-0.39, 0.29) is 18.9 Å². The van der Waals surface area contributed by atoms with Crippen LogP contribution >= 0.6 is 0 Å². The molecule has 1 atom stereocenters. The summed E-state index contributed by atoms with van der Waals surface area (Å²) in [6.45, 7) is 2.34. The molecule has 1 aliphatic heterocycles. The lowest BCUT2D eigenvalue weighted by molar-refractivity contribution is -0.139. The number of benzene rings is 3. The zero-order valence-electron chi connectivity index (χ0n) is 19.7. The van der Waals surface area contributed by atoms with Crippen molar-refractivity contribution in [2.75, 3.05) is 37.8 Å². The second kappa shape index (κ2) is 10.4. The van der Waals surface area contributed by atoms with Gasteiger partial charge >= 0.3 is 12.1 Å². The molecule has 0 aromatic heterocycles. The Hall–Kier alpha value is -3.91. The van der Waals surface area contributed by atoms with Crippen LogP contribution in [0.25, 0.3) is 11.1 Å². The van der Waals surface area contributed by atoms with Gasteiger partial charge in [0.2, 0.25) is 0 Å². The maximum absolute atomic E-state index is 14.7. The van der Waals surface area contributed by atoms with Crippen LogP contribution in [0.15, 0.2) is 66.7 Å². The molecule has 8 heteroatoms. The molecule has 3 aromatic rings. The van der Waals surface area contributed by atoms with Gasteiger partial charge in [0.1, 0.15) is 18.5 Å². The normalized spacial score (nSPS) is 15.6. The number of rotatable bonds is 7. The number of anilines is 1. The SMILES string of the molecule is O=C(NC(Cc1ccc(N2CCOCC2)c(F)c1)C(=O)O)OCC1c2ccccc2-c2ccccc21. The van der Waals surface area contributed by atoms with Crippen molar-refractivity contribution in [2.45, 2.75) is 18.4 Å². The van der Waals surface area contributed by atoms with Crippen molar-refractivity contribution in [1.82, 2.24) is 5.32 Å². The van der Waals surface area contributed by atoms with E-state index in [0.717, 1.165) is 22.3 Å². The standard InChI is InChI=1S/C28H27FN2O5/c29-24-15-18(9-10-26(24)31-11-13-35-14-12-31)16-25(27(32)33)30-28(34)36-17-23-21-7-3-1-5-19(21)20-6-2-4-8-22(20)23/h1-10,15,23,25H,11-14,16-17H2,(H,30,34)(H,32,33). The van der Waals surface area contributed by atoms with Crippen LogP contribution in [-0.2, 0) is 20.7 Å². The summed E-state index contributed by atoms with van der Waals surface area (Å²) in [4.78, 5) is 26.3. The van der Waals surface area contributed by atoms with Crippen LogP contribution in [0.2, 0.25) is 0 Å². The smallest absolute Gasteiger partial charge is 0.407 e. The van der Waals surface area contributed by atoms with Crippen LogP contribution in [0.1, 0.15) is 22.6 Å². The fourth-order valence-corrected chi connectivity index (χ4v) is 4.96.